The maximum Gasteiger partial charge on any atom is 0.254 e. The van der Waals surface area contributed by atoms with Gasteiger partial charge in [-0.3, -0.25) is 4.79 Å². The van der Waals surface area contributed by atoms with Gasteiger partial charge in [0.05, 0.1) is 0 Å². The van der Waals surface area contributed by atoms with Gasteiger partial charge < -0.3 is 4.90 Å². The molecule has 0 aromatic heterocycles. The summed E-state index contributed by atoms with van der Waals surface area (Å²) in [5.41, 5.74) is 2.11. The highest BCUT2D eigenvalue weighted by atomic mass is 79.9. The van der Waals surface area contributed by atoms with Gasteiger partial charge in [0.25, 0.3) is 5.91 Å². The standard InChI is InChI=1S/C21H26BrNO/c1-3-4-5-9-15(2)23-13-8-12-17-16-10-6-7-11-18(16)20(22)14-19(17)21(23)24/h6-7,10-11,14-15H,3-5,8-9,12-13H2,1-2H3. The van der Waals surface area contributed by atoms with Crippen LogP contribution in [0, 0.1) is 0 Å². The number of hydrogen-bond donors (Lipinski definition) is 0. The predicted octanol–water partition coefficient (Wildman–Crippen LogP) is 5.96. The SMILES string of the molecule is CCCCCC(C)N1CCCc2c(cc(Br)c3ccccc23)C1=O. The first kappa shape index (κ1) is 17.5. The number of halogens is 1. The molecule has 1 amide bonds. The normalized spacial score (nSPS) is 16.1. The fraction of sp³-hybridized carbons (Fsp3) is 0.476. The van der Waals surface area contributed by atoms with Gasteiger partial charge in [-0.05, 0) is 48.6 Å². The van der Waals surface area contributed by atoms with Gasteiger partial charge >= 0.3 is 0 Å². The fourth-order valence-corrected chi connectivity index (χ4v) is 4.37. The number of rotatable bonds is 5. The summed E-state index contributed by atoms with van der Waals surface area (Å²) in [5.74, 6) is 0.206. The molecular formula is C21H26BrNO. The molecule has 1 aliphatic rings. The van der Waals surface area contributed by atoms with E-state index in [2.05, 4.69) is 58.9 Å². The van der Waals surface area contributed by atoms with Crippen LogP contribution in [0.5, 0.6) is 0 Å². The van der Waals surface area contributed by atoms with Gasteiger partial charge in [-0.1, -0.05) is 66.4 Å². The van der Waals surface area contributed by atoms with Crippen LogP contribution in [0.3, 0.4) is 0 Å². The number of amides is 1. The molecule has 1 aliphatic heterocycles. The Morgan fingerprint density at radius 2 is 1.96 bits per heavy atom. The number of benzene rings is 2. The molecule has 0 spiro atoms. The molecular weight excluding hydrogens is 362 g/mol. The molecule has 0 saturated carbocycles. The van der Waals surface area contributed by atoms with Crippen LogP contribution in [-0.2, 0) is 6.42 Å². The molecule has 2 nitrogen and oxygen atoms in total. The summed E-state index contributed by atoms with van der Waals surface area (Å²) in [5, 5.41) is 2.42. The Balaban J connectivity index is 1.95. The summed E-state index contributed by atoms with van der Waals surface area (Å²) in [6.07, 6.45) is 6.80. The number of nitrogens with zero attached hydrogens (tertiary/aromatic N) is 1. The van der Waals surface area contributed by atoms with Crippen LogP contribution in [0.2, 0.25) is 0 Å². The molecule has 0 aliphatic carbocycles. The minimum absolute atomic E-state index is 0.206. The molecule has 24 heavy (non-hydrogen) atoms. The lowest BCUT2D eigenvalue weighted by Gasteiger charge is -2.28. The van der Waals surface area contributed by atoms with Crippen molar-refractivity contribution in [2.45, 2.75) is 58.4 Å². The molecule has 0 saturated heterocycles. The molecule has 2 aromatic carbocycles. The monoisotopic (exact) mass is 387 g/mol. The summed E-state index contributed by atoms with van der Waals surface area (Å²) < 4.78 is 1.02. The van der Waals surface area contributed by atoms with Crippen molar-refractivity contribution in [1.82, 2.24) is 4.90 Å². The lowest BCUT2D eigenvalue weighted by atomic mass is 9.96. The second kappa shape index (κ2) is 7.69. The Labute approximate surface area is 153 Å². The van der Waals surface area contributed by atoms with Crippen LogP contribution in [0.4, 0.5) is 0 Å². The average molecular weight is 388 g/mol. The van der Waals surface area contributed by atoms with Gasteiger partial charge in [-0.2, -0.15) is 0 Å². The van der Waals surface area contributed by atoms with Crippen molar-refractivity contribution < 1.29 is 4.79 Å². The first-order valence-corrected chi connectivity index (χ1v) is 9.94. The third kappa shape index (κ3) is 3.37. The molecule has 2 aromatic rings. The lowest BCUT2D eigenvalue weighted by molar-refractivity contribution is 0.0688. The topological polar surface area (TPSA) is 20.3 Å². The third-order valence-corrected chi connectivity index (χ3v) is 5.84. The van der Waals surface area contributed by atoms with E-state index in [1.807, 2.05) is 6.07 Å². The minimum atomic E-state index is 0.206. The number of aryl methyl sites for hydroxylation is 1. The second-order valence-electron chi connectivity index (χ2n) is 6.88. The average Bonchev–Trinajstić information content (AvgIpc) is 2.75. The van der Waals surface area contributed by atoms with E-state index in [1.165, 1.54) is 35.6 Å². The van der Waals surface area contributed by atoms with Crippen molar-refractivity contribution in [2.24, 2.45) is 0 Å². The number of unbranched alkanes of at least 4 members (excludes halogenated alkanes) is 2. The van der Waals surface area contributed by atoms with E-state index in [9.17, 15) is 4.79 Å². The van der Waals surface area contributed by atoms with E-state index in [0.29, 0.717) is 6.04 Å². The van der Waals surface area contributed by atoms with Crippen LogP contribution >= 0.6 is 15.9 Å². The number of hydrogen-bond acceptors (Lipinski definition) is 1. The van der Waals surface area contributed by atoms with E-state index < -0.39 is 0 Å². The predicted molar refractivity (Wildman–Crippen MR) is 105 cm³/mol. The van der Waals surface area contributed by atoms with Crippen molar-refractivity contribution >= 4 is 32.6 Å². The Morgan fingerprint density at radius 3 is 2.71 bits per heavy atom. The zero-order valence-electron chi connectivity index (χ0n) is 14.6. The highest BCUT2D eigenvalue weighted by Gasteiger charge is 2.27. The molecule has 0 fully saturated rings. The van der Waals surface area contributed by atoms with E-state index in [1.54, 1.807) is 0 Å². The highest BCUT2D eigenvalue weighted by molar-refractivity contribution is 9.10. The van der Waals surface area contributed by atoms with Gasteiger partial charge in [-0.25, -0.2) is 0 Å². The molecule has 0 N–H and O–H groups in total. The zero-order chi connectivity index (χ0) is 17.1. The highest BCUT2D eigenvalue weighted by Crippen LogP contribution is 2.33. The molecule has 1 unspecified atom stereocenters. The number of carbonyl (C=O) groups excluding carboxylic acids is 1. The van der Waals surface area contributed by atoms with E-state index >= 15 is 0 Å². The Morgan fingerprint density at radius 1 is 1.21 bits per heavy atom. The maximum atomic E-state index is 13.2. The Bertz CT molecular complexity index is 740. The van der Waals surface area contributed by atoms with Crippen LogP contribution in [-0.4, -0.2) is 23.4 Å². The lowest BCUT2D eigenvalue weighted by Crippen LogP contribution is -2.38. The molecule has 0 radical (unpaired) electrons. The first-order valence-electron chi connectivity index (χ1n) is 9.14. The van der Waals surface area contributed by atoms with Crippen molar-refractivity contribution in [3.63, 3.8) is 0 Å². The molecule has 128 valence electrons. The molecule has 1 heterocycles. The Kier molecular flexibility index (Phi) is 5.60. The maximum absolute atomic E-state index is 13.2. The van der Waals surface area contributed by atoms with E-state index in [0.717, 1.165) is 35.8 Å². The van der Waals surface area contributed by atoms with E-state index in [-0.39, 0.29) is 5.91 Å². The van der Waals surface area contributed by atoms with Crippen molar-refractivity contribution in [3.8, 4) is 0 Å². The summed E-state index contributed by atoms with van der Waals surface area (Å²) in [4.78, 5) is 15.3. The second-order valence-corrected chi connectivity index (χ2v) is 7.73. The van der Waals surface area contributed by atoms with Gasteiger partial charge in [0.2, 0.25) is 0 Å². The minimum Gasteiger partial charge on any atom is -0.336 e. The van der Waals surface area contributed by atoms with E-state index in [4.69, 9.17) is 0 Å². The summed E-state index contributed by atoms with van der Waals surface area (Å²) >= 11 is 3.67. The van der Waals surface area contributed by atoms with Crippen molar-refractivity contribution in [2.75, 3.05) is 6.54 Å². The summed E-state index contributed by atoms with van der Waals surface area (Å²) in [6, 6.07) is 10.7. The van der Waals surface area contributed by atoms with Crippen molar-refractivity contribution in [1.29, 1.82) is 0 Å². The zero-order valence-corrected chi connectivity index (χ0v) is 16.2. The van der Waals surface area contributed by atoms with Crippen molar-refractivity contribution in [3.05, 3.63) is 45.9 Å². The number of carbonyl (C=O) groups is 1. The van der Waals surface area contributed by atoms with Gasteiger partial charge in [0.15, 0.2) is 0 Å². The van der Waals surface area contributed by atoms with Crippen LogP contribution in [0.15, 0.2) is 34.8 Å². The van der Waals surface area contributed by atoms with Crippen LogP contribution in [0.1, 0.15) is 61.9 Å². The largest absolute Gasteiger partial charge is 0.336 e. The molecule has 1 atom stereocenters. The molecule has 3 rings (SSSR count). The van der Waals surface area contributed by atoms with Gasteiger partial charge in [0, 0.05) is 22.6 Å². The van der Waals surface area contributed by atoms with Gasteiger partial charge in [-0.15, -0.1) is 0 Å². The Hall–Kier alpha value is -1.35. The van der Waals surface area contributed by atoms with Crippen LogP contribution in [0.25, 0.3) is 10.8 Å². The summed E-state index contributed by atoms with van der Waals surface area (Å²) in [7, 11) is 0. The third-order valence-electron chi connectivity index (χ3n) is 5.18. The smallest absolute Gasteiger partial charge is 0.254 e. The summed E-state index contributed by atoms with van der Waals surface area (Å²) in [6.45, 7) is 5.29. The quantitative estimate of drug-likeness (QED) is 0.579. The van der Waals surface area contributed by atoms with Gasteiger partial charge in [0.1, 0.15) is 0 Å². The molecule has 3 heteroatoms. The van der Waals surface area contributed by atoms with Crippen LogP contribution < -0.4 is 0 Å². The fourth-order valence-electron chi connectivity index (χ4n) is 3.80. The number of fused-ring (bicyclic) bond motifs is 3. The molecule has 0 bridgehead atoms. The first-order chi connectivity index (χ1) is 11.6.